The molecule has 0 aliphatic rings. The number of hydrogen-bond acceptors (Lipinski definition) is 7. The van der Waals surface area contributed by atoms with E-state index in [1.54, 1.807) is 0 Å². The highest BCUT2D eigenvalue weighted by Crippen LogP contribution is 2.28. The lowest BCUT2D eigenvalue weighted by Crippen LogP contribution is -2.21. The molecule has 0 radical (unpaired) electrons. The first kappa shape index (κ1) is 17.5. The van der Waals surface area contributed by atoms with Crippen LogP contribution in [0.5, 0.6) is 5.75 Å². The Morgan fingerprint density at radius 2 is 2.08 bits per heavy atom. The topological polar surface area (TPSA) is 121 Å². The van der Waals surface area contributed by atoms with E-state index in [1.807, 2.05) is 0 Å². The normalized spacial score (nSPS) is 10.1. The van der Waals surface area contributed by atoms with Gasteiger partial charge in [-0.2, -0.15) is 0 Å². The van der Waals surface area contributed by atoms with Gasteiger partial charge in [0.2, 0.25) is 5.76 Å². The number of nitro benzene ring substituents is 1. The van der Waals surface area contributed by atoms with E-state index in [2.05, 4.69) is 21.2 Å². The number of rotatable bonds is 6. The Kier molecular flexibility index (Phi) is 5.53. The number of furan rings is 1. The number of nitrogens with one attached hydrogen (secondary N) is 1. The molecule has 24 heavy (non-hydrogen) atoms. The van der Waals surface area contributed by atoms with Crippen molar-refractivity contribution in [3.8, 4) is 5.75 Å². The fraction of sp³-hybridized carbons (Fsp3) is 0.143. The lowest BCUT2D eigenvalue weighted by atomic mass is 10.2. The molecule has 1 N–H and O–H groups in total. The Morgan fingerprint density at radius 1 is 1.33 bits per heavy atom. The Balaban J connectivity index is 2.00. The van der Waals surface area contributed by atoms with Gasteiger partial charge in [0.15, 0.2) is 11.3 Å². The molecule has 2 rings (SSSR count). The summed E-state index contributed by atoms with van der Waals surface area (Å²) >= 11 is 3.04. The molecule has 1 amide bonds. The van der Waals surface area contributed by atoms with Crippen molar-refractivity contribution < 1.29 is 28.4 Å². The molecule has 0 saturated carbocycles. The van der Waals surface area contributed by atoms with E-state index < -0.39 is 23.4 Å². The average Bonchev–Trinajstić information content (AvgIpc) is 2.99. The number of benzene rings is 1. The molecule has 0 unspecified atom stereocenters. The highest BCUT2D eigenvalue weighted by Gasteiger charge is 2.17. The summed E-state index contributed by atoms with van der Waals surface area (Å²) in [6.07, 6.45) is 0. The van der Waals surface area contributed by atoms with Crippen molar-refractivity contribution in [2.75, 3.05) is 19.0 Å². The van der Waals surface area contributed by atoms with Crippen molar-refractivity contribution in [2.24, 2.45) is 0 Å². The molecule has 0 spiro atoms. The number of halogens is 1. The lowest BCUT2D eigenvalue weighted by Gasteiger charge is -2.10. The minimum Gasteiger partial charge on any atom is -0.495 e. The standard InChI is InChI=1S/C14H11BrN2O7/c1-22-10-3-2-8(17(20)21)6-9(10)16-13(18)7-23-14(19)11-4-5-12(15)24-11/h2-6H,7H2,1H3,(H,16,18). The number of hydrogen-bond donors (Lipinski definition) is 1. The van der Waals surface area contributed by atoms with Crippen LogP contribution in [-0.2, 0) is 9.53 Å². The van der Waals surface area contributed by atoms with E-state index in [1.165, 1.54) is 31.4 Å². The molecule has 2 aromatic rings. The van der Waals surface area contributed by atoms with Gasteiger partial charge in [0, 0.05) is 12.1 Å². The molecule has 0 aliphatic heterocycles. The van der Waals surface area contributed by atoms with E-state index in [4.69, 9.17) is 13.9 Å². The summed E-state index contributed by atoms with van der Waals surface area (Å²) in [4.78, 5) is 33.7. The number of anilines is 1. The number of nitrogens with zero attached hydrogens (tertiary/aromatic N) is 1. The van der Waals surface area contributed by atoms with Crippen LogP contribution in [0.15, 0.2) is 39.4 Å². The third-order valence-corrected chi connectivity index (χ3v) is 3.20. The van der Waals surface area contributed by atoms with Crippen LogP contribution in [0.4, 0.5) is 11.4 Å². The van der Waals surface area contributed by atoms with E-state index in [0.717, 1.165) is 6.07 Å². The van der Waals surface area contributed by atoms with E-state index in [-0.39, 0.29) is 22.9 Å². The van der Waals surface area contributed by atoms with Gasteiger partial charge in [-0.05, 0) is 34.1 Å². The van der Waals surface area contributed by atoms with Gasteiger partial charge in [-0.25, -0.2) is 4.79 Å². The first-order valence-electron chi connectivity index (χ1n) is 6.45. The number of non-ortho nitro benzene ring substituents is 1. The summed E-state index contributed by atoms with van der Waals surface area (Å²) in [6.45, 7) is -0.594. The minimum atomic E-state index is -0.818. The van der Waals surface area contributed by atoms with Gasteiger partial charge in [0.1, 0.15) is 5.75 Å². The number of amides is 1. The predicted molar refractivity (Wildman–Crippen MR) is 85.0 cm³/mol. The smallest absolute Gasteiger partial charge is 0.374 e. The van der Waals surface area contributed by atoms with E-state index in [0.29, 0.717) is 4.67 Å². The van der Waals surface area contributed by atoms with Gasteiger partial charge >= 0.3 is 5.97 Å². The largest absolute Gasteiger partial charge is 0.495 e. The lowest BCUT2D eigenvalue weighted by molar-refractivity contribution is -0.384. The zero-order valence-corrected chi connectivity index (χ0v) is 13.9. The molecule has 1 aromatic carbocycles. The molecule has 0 fully saturated rings. The monoisotopic (exact) mass is 398 g/mol. The molecule has 10 heteroatoms. The maximum absolute atomic E-state index is 11.8. The number of esters is 1. The van der Waals surface area contributed by atoms with Crippen LogP contribution in [0.1, 0.15) is 10.6 Å². The maximum atomic E-state index is 11.8. The molecule has 0 atom stereocenters. The van der Waals surface area contributed by atoms with Crippen molar-refractivity contribution >= 4 is 39.2 Å². The summed E-state index contributed by atoms with van der Waals surface area (Å²) in [5.74, 6) is -1.34. The number of carbonyl (C=O) groups is 2. The van der Waals surface area contributed by atoms with Crippen LogP contribution in [0.2, 0.25) is 0 Å². The summed E-state index contributed by atoms with van der Waals surface area (Å²) in [6, 6.07) is 6.62. The minimum absolute atomic E-state index is 0.0670. The van der Waals surface area contributed by atoms with Crippen LogP contribution in [0.25, 0.3) is 0 Å². The molecule has 0 bridgehead atoms. The van der Waals surface area contributed by atoms with Gasteiger partial charge < -0.3 is 19.2 Å². The highest BCUT2D eigenvalue weighted by atomic mass is 79.9. The van der Waals surface area contributed by atoms with Gasteiger partial charge in [0.25, 0.3) is 11.6 Å². The van der Waals surface area contributed by atoms with Crippen molar-refractivity contribution in [3.05, 3.63) is 50.9 Å². The number of methoxy groups -OCH3 is 1. The van der Waals surface area contributed by atoms with Gasteiger partial charge in [-0.1, -0.05) is 0 Å². The molecule has 1 aromatic heterocycles. The third kappa shape index (κ3) is 4.32. The van der Waals surface area contributed by atoms with Gasteiger partial charge in [-0.15, -0.1) is 0 Å². The zero-order valence-electron chi connectivity index (χ0n) is 12.3. The molecule has 126 valence electrons. The second kappa shape index (κ2) is 7.59. The molecule has 0 aliphatic carbocycles. The van der Waals surface area contributed by atoms with Crippen molar-refractivity contribution in [2.45, 2.75) is 0 Å². The van der Waals surface area contributed by atoms with E-state index >= 15 is 0 Å². The molecular formula is C14H11BrN2O7. The predicted octanol–water partition coefficient (Wildman–Crippen LogP) is 2.75. The summed E-state index contributed by atoms with van der Waals surface area (Å²) in [5, 5.41) is 13.2. The molecule has 9 nitrogen and oxygen atoms in total. The second-order valence-corrected chi connectivity index (χ2v) is 5.15. The van der Waals surface area contributed by atoms with Crippen LogP contribution in [0, 0.1) is 10.1 Å². The number of nitro groups is 1. The Hall–Kier alpha value is -2.88. The first-order valence-corrected chi connectivity index (χ1v) is 7.24. The Morgan fingerprint density at radius 3 is 2.67 bits per heavy atom. The van der Waals surface area contributed by atoms with Crippen LogP contribution in [0.3, 0.4) is 0 Å². The maximum Gasteiger partial charge on any atom is 0.374 e. The SMILES string of the molecule is COc1ccc([N+](=O)[O-])cc1NC(=O)COC(=O)c1ccc(Br)o1. The molecule has 1 heterocycles. The fourth-order valence-corrected chi connectivity index (χ4v) is 2.03. The summed E-state index contributed by atoms with van der Waals surface area (Å²) in [5.41, 5.74) is -0.128. The molecular weight excluding hydrogens is 388 g/mol. The quantitative estimate of drug-likeness (QED) is 0.450. The summed E-state index contributed by atoms with van der Waals surface area (Å²) in [7, 11) is 1.35. The number of ether oxygens (including phenoxy) is 2. The van der Waals surface area contributed by atoms with Gasteiger partial charge in [-0.3, -0.25) is 14.9 Å². The summed E-state index contributed by atoms with van der Waals surface area (Å²) < 4.78 is 15.1. The van der Waals surface area contributed by atoms with Crippen molar-refractivity contribution in [3.63, 3.8) is 0 Å². The third-order valence-electron chi connectivity index (χ3n) is 2.78. The van der Waals surface area contributed by atoms with Crippen LogP contribution in [-0.4, -0.2) is 30.5 Å². The Labute approximate surface area is 143 Å². The van der Waals surface area contributed by atoms with Crippen molar-refractivity contribution in [1.29, 1.82) is 0 Å². The average molecular weight is 399 g/mol. The van der Waals surface area contributed by atoms with Crippen molar-refractivity contribution in [1.82, 2.24) is 0 Å². The Bertz CT molecular complexity index is 787. The van der Waals surface area contributed by atoms with Crippen LogP contribution >= 0.6 is 15.9 Å². The second-order valence-electron chi connectivity index (χ2n) is 4.37. The highest BCUT2D eigenvalue weighted by molar-refractivity contribution is 9.10. The van der Waals surface area contributed by atoms with E-state index in [9.17, 15) is 19.7 Å². The number of carbonyl (C=O) groups excluding carboxylic acids is 2. The van der Waals surface area contributed by atoms with Gasteiger partial charge in [0.05, 0.1) is 17.7 Å². The fourth-order valence-electron chi connectivity index (χ4n) is 1.72. The zero-order chi connectivity index (χ0) is 17.7. The van der Waals surface area contributed by atoms with Crippen LogP contribution < -0.4 is 10.1 Å². The first-order chi connectivity index (χ1) is 11.4. The molecule has 0 saturated heterocycles.